The number of thioether (sulfide) groups is 1. The maximum Gasteiger partial charge on any atom is 0.234 e. The van der Waals surface area contributed by atoms with Gasteiger partial charge in [-0.3, -0.25) is 4.79 Å². The second-order valence-corrected chi connectivity index (χ2v) is 7.04. The van der Waals surface area contributed by atoms with Crippen LogP contribution in [0.3, 0.4) is 0 Å². The largest absolute Gasteiger partial charge is 0.372 e. The lowest BCUT2D eigenvalue weighted by molar-refractivity contribution is -0.113. The Morgan fingerprint density at radius 2 is 1.75 bits per heavy atom. The van der Waals surface area contributed by atoms with Crippen molar-refractivity contribution in [3.8, 4) is 11.4 Å². The molecule has 0 aliphatic rings. The lowest BCUT2D eigenvalue weighted by Gasteiger charge is -2.21. The summed E-state index contributed by atoms with van der Waals surface area (Å²) in [6.07, 6.45) is 0. The quantitative estimate of drug-likeness (QED) is 0.449. The van der Waals surface area contributed by atoms with Crippen LogP contribution in [0.25, 0.3) is 11.4 Å². The molecule has 2 aromatic carbocycles. The Kier molecular flexibility index (Phi) is 6.54. The van der Waals surface area contributed by atoms with Gasteiger partial charge in [0.25, 0.3) is 0 Å². The van der Waals surface area contributed by atoms with Crippen LogP contribution < -0.4 is 16.1 Å². The smallest absolute Gasteiger partial charge is 0.234 e. The van der Waals surface area contributed by atoms with Crippen molar-refractivity contribution in [1.82, 2.24) is 14.9 Å². The second-order valence-electron chi connectivity index (χ2n) is 6.10. The number of nitrogens with two attached hydrogens (primary N) is 1. The van der Waals surface area contributed by atoms with Gasteiger partial charge in [0.1, 0.15) is 0 Å². The van der Waals surface area contributed by atoms with Crippen LogP contribution in [0.4, 0.5) is 11.4 Å². The summed E-state index contributed by atoms with van der Waals surface area (Å²) in [5.41, 5.74) is 2.78. The minimum atomic E-state index is -0.121. The molecule has 7 nitrogen and oxygen atoms in total. The molecule has 0 saturated carbocycles. The fourth-order valence-corrected chi connectivity index (χ4v) is 3.49. The van der Waals surface area contributed by atoms with Crippen molar-refractivity contribution in [2.24, 2.45) is 0 Å². The van der Waals surface area contributed by atoms with Gasteiger partial charge >= 0.3 is 0 Å². The summed E-state index contributed by atoms with van der Waals surface area (Å²) in [6, 6.07) is 17.4. The molecule has 0 saturated heterocycles. The molecule has 0 atom stereocenters. The molecule has 28 heavy (non-hydrogen) atoms. The topological polar surface area (TPSA) is 89.1 Å². The monoisotopic (exact) mass is 396 g/mol. The number of aromatic nitrogens is 3. The van der Waals surface area contributed by atoms with Crippen LogP contribution in [0.2, 0.25) is 0 Å². The first kappa shape index (κ1) is 19.8. The van der Waals surface area contributed by atoms with E-state index in [-0.39, 0.29) is 11.7 Å². The summed E-state index contributed by atoms with van der Waals surface area (Å²) < 4.78 is 1.41. The van der Waals surface area contributed by atoms with Gasteiger partial charge in [-0.2, -0.15) is 0 Å². The lowest BCUT2D eigenvalue weighted by Crippen LogP contribution is -2.21. The summed E-state index contributed by atoms with van der Waals surface area (Å²) in [5, 5.41) is 11.6. The van der Waals surface area contributed by atoms with Crippen molar-refractivity contribution in [2.45, 2.75) is 19.0 Å². The third-order valence-electron chi connectivity index (χ3n) is 4.31. The zero-order valence-electron chi connectivity index (χ0n) is 16.0. The third-order valence-corrected chi connectivity index (χ3v) is 5.25. The second kappa shape index (κ2) is 9.27. The van der Waals surface area contributed by atoms with Gasteiger partial charge in [0.05, 0.1) is 5.75 Å². The first-order valence-corrected chi connectivity index (χ1v) is 10.1. The molecule has 0 aliphatic heterocycles. The van der Waals surface area contributed by atoms with Crippen LogP contribution in [0.15, 0.2) is 59.8 Å². The fraction of sp³-hybridized carbons (Fsp3) is 0.250. The van der Waals surface area contributed by atoms with E-state index in [0.717, 1.165) is 30.0 Å². The van der Waals surface area contributed by atoms with Crippen molar-refractivity contribution in [3.05, 3.63) is 54.6 Å². The number of amides is 1. The SMILES string of the molecule is CCN(CC)c1ccc(NC(=O)CSc2nnc(-c3ccccc3)n2N)cc1. The van der Waals surface area contributed by atoms with Crippen LogP contribution >= 0.6 is 11.8 Å². The molecule has 3 aromatic rings. The number of hydrogen-bond acceptors (Lipinski definition) is 6. The van der Waals surface area contributed by atoms with Crippen molar-refractivity contribution < 1.29 is 4.79 Å². The van der Waals surface area contributed by atoms with E-state index in [2.05, 4.69) is 34.3 Å². The molecule has 1 amide bonds. The van der Waals surface area contributed by atoms with Gasteiger partial charge in [0, 0.05) is 30.0 Å². The molecular weight excluding hydrogens is 372 g/mol. The molecule has 0 fully saturated rings. The van der Waals surface area contributed by atoms with E-state index in [1.807, 2.05) is 54.6 Å². The number of carbonyl (C=O) groups excluding carboxylic acids is 1. The zero-order valence-corrected chi connectivity index (χ0v) is 16.8. The molecule has 3 N–H and O–H groups in total. The van der Waals surface area contributed by atoms with E-state index in [1.165, 1.54) is 16.4 Å². The summed E-state index contributed by atoms with van der Waals surface area (Å²) in [5.74, 6) is 6.72. The predicted molar refractivity (Wildman–Crippen MR) is 115 cm³/mol. The maximum absolute atomic E-state index is 12.3. The molecule has 1 heterocycles. The van der Waals surface area contributed by atoms with Crippen molar-refractivity contribution >= 4 is 29.0 Å². The Balaban J connectivity index is 1.57. The van der Waals surface area contributed by atoms with Gasteiger partial charge in [0.15, 0.2) is 5.82 Å². The van der Waals surface area contributed by atoms with Crippen molar-refractivity contribution in [1.29, 1.82) is 0 Å². The molecule has 0 aliphatic carbocycles. The first-order valence-electron chi connectivity index (χ1n) is 9.16. The van der Waals surface area contributed by atoms with E-state index in [1.54, 1.807) is 0 Å². The normalized spacial score (nSPS) is 10.6. The van der Waals surface area contributed by atoms with Gasteiger partial charge in [-0.25, -0.2) is 4.68 Å². The van der Waals surface area contributed by atoms with Gasteiger partial charge in [0.2, 0.25) is 11.1 Å². The van der Waals surface area contributed by atoms with Crippen LogP contribution in [0.5, 0.6) is 0 Å². The molecular formula is C20H24N6OS. The fourth-order valence-electron chi connectivity index (χ4n) is 2.83. The maximum atomic E-state index is 12.3. The summed E-state index contributed by atoms with van der Waals surface area (Å²) in [4.78, 5) is 14.5. The number of hydrogen-bond donors (Lipinski definition) is 2. The summed E-state index contributed by atoms with van der Waals surface area (Å²) in [7, 11) is 0. The summed E-state index contributed by atoms with van der Waals surface area (Å²) in [6.45, 7) is 6.14. The van der Waals surface area contributed by atoms with Crippen molar-refractivity contribution in [3.63, 3.8) is 0 Å². The average molecular weight is 397 g/mol. The van der Waals surface area contributed by atoms with Gasteiger partial charge < -0.3 is 16.1 Å². The minimum absolute atomic E-state index is 0.121. The number of carbonyl (C=O) groups is 1. The van der Waals surface area contributed by atoms with Gasteiger partial charge in [-0.15, -0.1) is 10.2 Å². The molecule has 8 heteroatoms. The standard InChI is InChI=1S/C20H24N6OS/c1-3-25(4-2)17-12-10-16(11-13-17)22-18(27)14-28-20-24-23-19(26(20)21)15-8-6-5-7-9-15/h5-13H,3-4,14,21H2,1-2H3,(H,22,27). The average Bonchev–Trinajstić information content (AvgIpc) is 3.09. The van der Waals surface area contributed by atoms with Crippen molar-refractivity contribution in [2.75, 3.05) is 34.9 Å². The Bertz CT molecular complexity index is 906. The van der Waals surface area contributed by atoms with Gasteiger partial charge in [-0.1, -0.05) is 42.1 Å². The number of nitrogens with one attached hydrogen (secondary N) is 1. The molecule has 3 rings (SSSR count). The van der Waals surface area contributed by atoms with Crippen LogP contribution in [0.1, 0.15) is 13.8 Å². The molecule has 0 spiro atoms. The lowest BCUT2D eigenvalue weighted by atomic mass is 10.2. The van der Waals surface area contributed by atoms with E-state index in [4.69, 9.17) is 5.84 Å². The number of rotatable bonds is 8. The molecule has 1 aromatic heterocycles. The van der Waals surface area contributed by atoms with E-state index in [9.17, 15) is 4.79 Å². The van der Waals surface area contributed by atoms with E-state index >= 15 is 0 Å². The number of nitrogen functional groups attached to an aromatic ring is 1. The molecule has 146 valence electrons. The predicted octanol–water partition coefficient (Wildman–Crippen LogP) is 3.24. The Morgan fingerprint density at radius 3 is 2.39 bits per heavy atom. The number of anilines is 2. The molecule has 0 bridgehead atoms. The number of benzene rings is 2. The van der Waals surface area contributed by atoms with E-state index in [0.29, 0.717) is 11.0 Å². The highest BCUT2D eigenvalue weighted by Crippen LogP contribution is 2.22. The Morgan fingerprint density at radius 1 is 1.07 bits per heavy atom. The van der Waals surface area contributed by atoms with Gasteiger partial charge in [-0.05, 0) is 38.1 Å². The highest BCUT2D eigenvalue weighted by atomic mass is 32.2. The van der Waals surface area contributed by atoms with Crippen LogP contribution in [-0.4, -0.2) is 39.6 Å². The highest BCUT2D eigenvalue weighted by molar-refractivity contribution is 7.99. The Hall–Kier alpha value is -3.00. The molecule has 0 radical (unpaired) electrons. The summed E-state index contributed by atoms with van der Waals surface area (Å²) >= 11 is 1.25. The first-order chi connectivity index (χ1) is 13.6. The Labute approximate surface area is 168 Å². The van der Waals surface area contributed by atoms with Crippen LogP contribution in [-0.2, 0) is 4.79 Å². The minimum Gasteiger partial charge on any atom is -0.372 e. The zero-order chi connectivity index (χ0) is 19.9. The highest BCUT2D eigenvalue weighted by Gasteiger charge is 2.13. The number of nitrogens with zero attached hydrogens (tertiary/aromatic N) is 4. The van der Waals surface area contributed by atoms with E-state index < -0.39 is 0 Å². The molecule has 0 unspecified atom stereocenters. The van der Waals surface area contributed by atoms with Crippen LogP contribution in [0, 0.1) is 0 Å². The third kappa shape index (κ3) is 4.64.